The summed E-state index contributed by atoms with van der Waals surface area (Å²) >= 11 is 1.62. The van der Waals surface area contributed by atoms with Crippen molar-refractivity contribution in [2.24, 2.45) is 0 Å². The first-order chi connectivity index (χ1) is 5.27. The van der Waals surface area contributed by atoms with Crippen molar-refractivity contribution >= 4 is 11.8 Å². The summed E-state index contributed by atoms with van der Waals surface area (Å²) in [6.45, 7) is 2.71. The molecule has 4 heteroatoms. The molecule has 60 valence electrons. The largest absolute Gasteiger partial charge is 0.390 e. The quantitative estimate of drug-likeness (QED) is 0.621. The highest BCUT2D eigenvalue weighted by Crippen LogP contribution is 2.24. The molecule has 0 saturated carbocycles. The molecule has 1 aromatic rings. The predicted molar refractivity (Wildman–Crippen MR) is 43.7 cm³/mol. The molecule has 0 bridgehead atoms. The van der Waals surface area contributed by atoms with E-state index in [1.807, 2.05) is 13.1 Å². The molecule has 0 amide bonds. The lowest BCUT2D eigenvalue weighted by molar-refractivity contribution is 0.169. The van der Waals surface area contributed by atoms with Gasteiger partial charge < -0.3 is 9.67 Å². The van der Waals surface area contributed by atoms with E-state index in [2.05, 4.69) is 9.55 Å². The van der Waals surface area contributed by atoms with Crippen molar-refractivity contribution < 1.29 is 5.11 Å². The summed E-state index contributed by atoms with van der Waals surface area (Å²) in [7, 11) is 0. The molecular formula is C7H10N2OS. The summed E-state index contributed by atoms with van der Waals surface area (Å²) in [4.78, 5) is 4.21. The topological polar surface area (TPSA) is 38.0 Å². The smallest absolute Gasteiger partial charge is 0.168 e. The number of aromatic nitrogens is 2. The molecule has 0 aliphatic carbocycles. The number of hydrogen-bond donors (Lipinski definition) is 1. The maximum absolute atomic E-state index is 9.33. The molecule has 1 N–H and O–H groups in total. The van der Waals surface area contributed by atoms with Crippen LogP contribution in [0, 0.1) is 6.92 Å². The van der Waals surface area contributed by atoms with Crippen LogP contribution in [-0.2, 0) is 6.54 Å². The second-order valence-electron chi connectivity index (χ2n) is 2.76. The monoisotopic (exact) mass is 170 g/mol. The molecule has 1 aliphatic rings. The number of aliphatic hydroxyl groups excluding tert-OH is 1. The molecule has 1 aliphatic heterocycles. The highest BCUT2D eigenvalue weighted by Gasteiger charge is 2.18. The van der Waals surface area contributed by atoms with E-state index < -0.39 is 0 Å². The van der Waals surface area contributed by atoms with E-state index in [-0.39, 0.29) is 6.10 Å². The van der Waals surface area contributed by atoms with Crippen molar-refractivity contribution in [2.45, 2.75) is 24.7 Å². The van der Waals surface area contributed by atoms with Crippen LogP contribution in [0.25, 0.3) is 0 Å². The van der Waals surface area contributed by atoms with Gasteiger partial charge in [-0.2, -0.15) is 0 Å². The third kappa shape index (κ3) is 1.16. The lowest BCUT2D eigenvalue weighted by Crippen LogP contribution is -2.24. The van der Waals surface area contributed by atoms with Crippen LogP contribution in [0.2, 0.25) is 0 Å². The number of hydrogen-bond acceptors (Lipinski definition) is 3. The summed E-state index contributed by atoms with van der Waals surface area (Å²) in [5.74, 6) is 0.774. The molecule has 0 saturated heterocycles. The van der Waals surface area contributed by atoms with Crippen LogP contribution in [-0.4, -0.2) is 26.5 Å². The Kier molecular flexibility index (Phi) is 1.65. The number of imidazole rings is 1. The Labute approximate surface area is 69.4 Å². The molecule has 2 heterocycles. The zero-order valence-corrected chi connectivity index (χ0v) is 7.14. The molecule has 0 radical (unpaired) electrons. The van der Waals surface area contributed by atoms with Gasteiger partial charge >= 0.3 is 0 Å². The van der Waals surface area contributed by atoms with Crippen LogP contribution in [0.4, 0.5) is 0 Å². The van der Waals surface area contributed by atoms with Gasteiger partial charge in [-0.3, -0.25) is 0 Å². The Bertz CT molecular complexity index is 271. The number of nitrogens with zero attached hydrogens (tertiary/aromatic N) is 2. The molecule has 2 rings (SSSR count). The third-order valence-corrected chi connectivity index (χ3v) is 2.95. The van der Waals surface area contributed by atoms with Gasteiger partial charge in [-0.15, -0.1) is 0 Å². The van der Waals surface area contributed by atoms with Crippen LogP contribution in [0.5, 0.6) is 0 Å². The fraction of sp³-hybridized carbons (Fsp3) is 0.571. The van der Waals surface area contributed by atoms with Gasteiger partial charge in [0.1, 0.15) is 0 Å². The Morgan fingerprint density at radius 3 is 3.45 bits per heavy atom. The van der Waals surface area contributed by atoms with Crippen molar-refractivity contribution in [1.29, 1.82) is 0 Å². The molecular weight excluding hydrogens is 160 g/mol. The first kappa shape index (κ1) is 7.18. The molecule has 1 atom stereocenters. The summed E-state index contributed by atoms with van der Waals surface area (Å²) < 4.78 is 2.05. The van der Waals surface area contributed by atoms with Crippen LogP contribution in [0.15, 0.2) is 11.4 Å². The van der Waals surface area contributed by atoms with Gasteiger partial charge in [0.25, 0.3) is 0 Å². The molecule has 0 spiro atoms. The molecule has 1 unspecified atom stereocenters. The van der Waals surface area contributed by atoms with Crippen LogP contribution >= 0.6 is 11.8 Å². The number of thioether (sulfide) groups is 1. The van der Waals surface area contributed by atoms with Gasteiger partial charge in [-0.25, -0.2) is 4.98 Å². The van der Waals surface area contributed by atoms with E-state index in [1.54, 1.807) is 11.8 Å². The molecule has 0 fully saturated rings. The minimum absolute atomic E-state index is 0.208. The van der Waals surface area contributed by atoms with E-state index in [4.69, 9.17) is 0 Å². The number of aliphatic hydroxyl groups is 1. The van der Waals surface area contributed by atoms with Crippen molar-refractivity contribution in [3.05, 3.63) is 11.9 Å². The number of aryl methyl sites for hydroxylation is 1. The third-order valence-electron chi connectivity index (χ3n) is 1.82. The second kappa shape index (κ2) is 2.53. The van der Waals surface area contributed by atoms with Gasteiger partial charge in [0, 0.05) is 17.6 Å². The Hall–Kier alpha value is -0.480. The average Bonchev–Trinajstić information content (AvgIpc) is 2.33. The van der Waals surface area contributed by atoms with E-state index in [0.717, 1.165) is 16.6 Å². The van der Waals surface area contributed by atoms with E-state index >= 15 is 0 Å². The van der Waals surface area contributed by atoms with Crippen molar-refractivity contribution in [2.75, 3.05) is 5.75 Å². The lowest BCUT2D eigenvalue weighted by Gasteiger charge is -2.19. The van der Waals surface area contributed by atoms with Crippen LogP contribution in [0.3, 0.4) is 0 Å². The lowest BCUT2D eigenvalue weighted by atomic mass is 10.4. The second-order valence-corrected chi connectivity index (χ2v) is 3.74. The van der Waals surface area contributed by atoms with E-state index in [1.165, 1.54) is 0 Å². The van der Waals surface area contributed by atoms with Gasteiger partial charge in [-0.05, 0) is 6.92 Å². The van der Waals surface area contributed by atoms with Gasteiger partial charge in [0.05, 0.1) is 12.6 Å². The standard InChI is InChI=1S/C7H10N2OS/c1-5-2-8-7-9(5)3-6(10)4-11-7/h2,6,10H,3-4H2,1H3. The molecule has 3 nitrogen and oxygen atoms in total. The first-order valence-electron chi connectivity index (χ1n) is 3.60. The Balaban J connectivity index is 2.37. The maximum atomic E-state index is 9.33. The Morgan fingerprint density at radius 2 is 2.64 bits per heavy atom. The van der Waals surface area contributed by atoms with Gasteiger partial charge in [0.2, 0.25) is 0 Å². The average molecular weight is 170 g/mol. The van der Waals surface area contributed by atoms with E-state index in [9.17, 15) is 5.11 Å². The molecule has 1 aromatic heterocycles. The highest BCUT2D eigenvalue weighted by molar-refractivity contribution is 7.99. The molecule has 0 aromatic carbocycles. The predicted octanol–water partition coefficient (Wildman–Crippen LogP) is 0.658. The van der Waals surface area contributed by atoms with Crippen molar-refractivity contribution in [3.63, 3.8) is 0 Å². The van der Waals surface area contributed by atoms with Crippen LogP contribution in [0.1, 0.15) is 5.69 Å². The number of fused-ring (bicyclic) bond motifs is 1. The van der Waals surface area contributed by atoms with Gasteiger partial charge in [0.15, 0.2) is 5.16 Å². The van der Waals surface area contributed by atoms with Crippen molar-refractivity contribution in [3.8, 4) is 0 Å². The minimum Gasteiger partial charge on any atom is -0.390 e. The zero-order valence-electron chi connectivity index (χ0n) is 6.32. The Morgan fingerprint density at radius 1 is 1.82 bits per heavy atom. The SMILES string of the molecule is Cc1cnc2n1CC(O)CS2. The van der Waals surface area contributed by atoms with Gasteiger partial charge in [-0.1, -0.05) is 11.8 Å². The fourth-order valence-electron chi connectivity index (χ4n) is 1.21. The fourth-order valence-corrected chi connectivity index (χ4v) is 2.16. The number of rotatable bonds is 0. The first-order valence-corrected chi connectivity index (χ1v) is 4.59. The summed E-state index contributed by atoms with van der Waals surface area (Å²) in [5.41, 5.74) is 1.13. The maximum Gasteiger partial charge on any atom is 0.168 e. The highest BCUT2D eigenvalue weighted by atomic mass is 32.2. The zero-order chi connectivity index (χ0) is 7.84. The van der Waals surface area contributed by atoms with Crippen LogP contribution < -0.4 is 0 Å². The van der Waals surface area contributed by atoms with E-state index in [0.29, 0.717) is 6.54 Å². The summed E-state index contributed by atoms with van der Waals surface area (Å²) in [6.07, 6.45) is 1.64. The molecule has 11 heavy (non-hydrogen) atoms. The summed E-state index contributed by atoms with van der Waals surface area (Å²) in [6, 6.07) is 0. The minimum atomic E-state index is -0.208. The normalized spacial score (nSPS) is 23.3. The van der Waals surface area contributed by atoms with Crippen molar-refractivity contribution in [1.82, 2.24) is 9.55 Å². The summed E-state index contributed by atoms with van der Waals surface area (Å²) in [5, 5.41) is 10.4.